The van der Waals surface area contributed by atoms with Crippen LogP contribution >= 0.6 is 0 Å². The molecule has 2 N–H and O–H groups in total. The first-order valence-electron chi connectivity index (χ1n) is 7.87. The molecule has 118 valence electrons. The minimum atomic E-state index is -0.126. The lowest BCUT2D eigenvalue weighted by atomic mass is 10.0. The van der Waals surface area contributed by atoms with Gasteiger partial charge >= 0.3 is 0 Å². The number of nitrogens with zero attached hydrogens (tertiary/aromatic N) is 1. The third kappa shape index (κ3) is 4.28. The van der Waals surface area contributed by atoms with Crippen LogP contribution in [0.1, 0.15) is 44.7 Å². The highest BCUT2D eigenvalue weighted by atomic mass is 16.1. The fourth-order valence-electron chi connectivity index (χ4n) is 2.26. The summed E-state index contributed by atoms with van der Waals surface area (Å²) in [6.45, 7) is 10.1. The number of nitrogens with one attached hydrogen (secondary N) is 2. The normalized spacial score (nSPS) is 11.4. The molecule has 0 aliphatic heterocycles. The third-order valence-electron chi connectivity index (χ3n) is 3.62. The first-order valence-corrected chi connectivity index (χ1v) is 7.87. The Morgan fingerprint density at radius 3 is 2.41 bits per heavy atom. The first kappa shape index (κ1) is 16.4. The van der Waals surface area contributed by atoms with Crippen molar-refractivity contribution in [2.24, 2.45) is 5.92 Å². The number of H-pyrrole nitrogens is 1. The van der Waals surface area contributed by atoms with Gasteiger partial charge in [0, 0.05) is 17.7 Å². The van der Waals surface area contributed by atoms with Gasteiger partial charge in [0.25, 0.3) is 5.56 Å². The molecule has 1 aromatic carbocycles. The maximum atomic E-state index is 11.9. The van der Waals surface area contributed by atoms with Gasteiger partial charge in [0.15, 0.2) is 0 Å². The van der Waals surface area contributed by atoms with Crippen molar-refractivity contribution < 1.29 is 0 Å². The number of aromatic nitrogens is 2. The van der Waals surface area contributed by atoms with E-state index < -0.39 is 0 Å². The van der Waals surface area contributed by atoms with E-state index in [4.69, 9.17) is 0 Å². The maximum Gasteiger partial charge on any atom is 0.268 e. The molecule has 1 aromatic heterocycles. The molecule has 0 fully saturated rings. The second kappa shape index (κ2) is 7.36. The molecule has 0 radical (unpaired) electrons. The average Bonchev–Trinajstić information content (AvgIpc) is 2.49. The van der Waals surface area contributed by atoms with Crippen molar-refractivity contribution in [3.63, 3.8) is 0 Å². The Hall–Kier alpha value is -1.94. The molecule has 4 nitrogen and oxygen atoms in total. The Morgan fingerprint density at radius 2 is 1.82 bits per heavy atom. The molecule has 0 amide bonds. The molecule has 0 bridgehead atoms. The van der Waals surface area contributed by atoms with Crippen molar-refractivity contribution in [1.82, 2.24) is 15.5 Å². The minimum Gasteiger partial charge on any atom is -0.312 e. The molecule has 0 unspecified atom stereocenters. The molecule has 0 aliphatic carbocycles. The number of rotatable bonds is 6. The van der Waals surface area contributed by atoms with Crippen LogP contribution in [0.5, 0.6) is 0 Å². The van der Waals surface area contributed by atoms with Crippen molar-refractivity contribution >= 4 is 0 Å². The molecule has 4 heteroatoms. The van der Waals surface area contributed by atoms with Crippen LogP contribution in [0, 0.1) is 5.92 Å². The monoisotopic (exact) mass is 299 g/mol. The van der Waals surface area contributed by atoms with Crippen LogP contribution in [0.2, 0.25) is 0 Å². The van der Waals surface area contributed by atoms with Crippen LogP contribution < -0.4 is 10.9 Å². The van der Waals surface area contributed by atoms with Crippen LogP contribution in [-0.4, -0.2) is 16.7 Å². The summed E-state index contributed by atoms with van der Waals surface area (Å²) in [6, 6.07) is 10.2. The highest BCUT2D eigenvalue weighted by Gasteiger charge is 2.06. The Balaban J connectivity index is 2.19. The van der Waals surface area contributed by atoms with Crippen molar-refractivity contribution in [3.8, 4) is 11.3 Å². The summed E-state index contributed by atoms with van der Waals surface area (Å²) >= 11 is 0. The van der Waals surface area contributed by atoms with Crippen molar-refractivity contribution in [3.05, 3.63) is 51.8 Å². The van der Waals surface area contributed by atoms with Crippen LogP contribution in [0.4, 0.5) is 0 Å². The van der Waals surface area contributed by atoms with Gasteiger partial charge in [-0.15, -0.1) is 0 Å². The molecule has 0 spiro atoms. The fraction of sp³-hybridized carbons (Fsp3) is 0.444. The van der Waals surface area contributed by atoms with E-state index in [1.54, 1.807) is 0 Å². The molecule has 0 atom stereocenters. The molecule has 1 heterocycles. The van der Waals surface area contributed by atoms with Gasteiger partial charge in [-0.25, -0.2) is 5.10 Å². The van der Waals surface area contributed by atoms with Gasteiger partial charge in [-0.3, -0.25) is 4.79 Å². The minimum absolute atomic E-state index is 0.126. The second-order valence-corrected chi connectivity index (χ2v) is 6.41. The first-order chi connectivity index (χ1) is 10.5. The van der Waals surface area contributed by atoms with E-state index in [0.29, 0.717) is 18.4 Å². The van der Waals surface area contributed by atoms with E-state index in [1.807, 2.05) is 6.07 Å². The quantitative estimate of drug-likeness (QED) is 0.860. The highest BCUT2D eigenvalue weighted by molar-refractivity contribution is 5.59. The SMILES string of the molecule is CC(C)CNCc1cc(-c2ccc(C(C)C)cc2)n[nH]c1=O. The zero-order valence-corrected chi connectivity index (χ0v) is 13.8. The van der Waals surface area contributed by atoms with Gasteiger partial charge in [-0.05, 0) is 30.0 Å². The molecular formula is C18H25N3O. The average molecular weight is 299 g/mol. The summed E-state index contributed by atoms with van der Waals surface area (Å²) in [5.41, 5.74) is 3.71. The second-order valence-electron chi connectivity index (χ2n) is 6.41. The zero-order chi connectivity index (χ0) is 16.1. The predicted molar refractivity (Wildman–Crippen MR) is 90.9 cm³/mol. The Kier molecular flexibility index (Phi) is 5.50. The molecule has 2 rings (SSSR count). The number of hydrogen-bond acceptors (Lipinski definition) is 3. The summed E-state index contributed by atoms with van der Waals surface area (Å²) < 4.78 is 0. The van der Waals surface area contributed by atoms with Crippen LogP contribution in [0.15, 0.2) is 35.1 Å². The summed E-state index contributed by atoms with van der Waals surface area (Å²) in [5.74, 6) is 1.07. The Morgan fingerprint density at radius 1 is 1.14 bits per heavy atom. The largest absolute Gasteiger partial charge is 0.312 e. The summed E-state index contributed by atoms with van der Waals surface area (Å²) in [6.07, 6.45) is 0. The van der Waals surface area contributed by atoms with E-state index in [1.165, 1.54) is 5.56 Å². The van der Waals surface area contributed by atoms with Crippen molar-refractivity contribution in [2.45, 2.75) is 40.2 Å². The Labute approximate surface area is 132 Å². The highest BCUT2D eigenvalue weighted by Crippen LogP contribution is 2.20. The lowest BCUT2D eigenvalue weighted by molar-refractivity contribution is 0.550. The smallest absolute Gasteiger partial charge is 0.268 e. The topological polar surface area (TPSA) is 57.8 Å². The van der Waals surface area contributed by atoms with E-state index in [9.17, 15) is 4.79 Å². The van der Waals surface area contributed by atoms with Gasteiger partial charge in [-0.2, -0.15) is 5.10 Å². The summed E-state index contributed by atoms with van der Waals surface area (Å²) in [5, 5.41) is 10.1. The van der Waals surface area contributed by atoms with Gasteiger partial charge in [0.2, 0.25) is 0 Å². The summed E-state index contributed by atoms with van der Waals surface area (Å²) in [7, 11) is 0. The molecule has 0 saturated heterocycles. The van der Waals surface area contributed by atoms with Gasteiger partial charge in [0.1, 0.15) is 0 Å². The van der Waals surface area contributed by atoms with Gasteiger partial charge < -0.3 is 5.32 Å². The van der Waals surface area contributed by atoms with E-state index in [2.05, 4.69) is 67.5 Å². The molecule has 0 aliphatic rings. The standard InChI is InChI=1S/C18H25N3O/c1-12(2)10-19-11-16-9-17(20-21-18(16)22)15-7-5-14(6-8-15)13(3)4/h5-9,12-13,19H,10-11H2,1-4H3,(H,21,22). The molecule has 0 saturated carbocycles. The van der Waals surface area contributed by atoms with E-state index in [0.717, 1.165) is 23.4 Å². The van der Waals surface area contributed by atoms with Crippen LogP contribution in [0.3, 0.4) is 0 Å². The zero-order valence-electron chi connectivity index (χ0n) is 13.8. The van der Waals surface area contributed by atoms with Gasteiger partial charge in [0.05, 0.1) is 5.69 Å². The maximum absolute atomic E-state index is 11.9. The molecular weight excluding hydrogens is 274 g/mol. The number of aromatic amines is 1. The molecule has 2 aromatic rings. The Bertz CT molecular complexity index is 657. The van der Waals surface area contributed by atoms with Crippen LogP contribution in [0.25, 0.3) is 11.3 Å². The fourth-order valence-corrected chi connectivity index (χ4v) is 2.26. The molecule has 22 heavy (non-hydrogen) atoms. The third-order valence-corrected chi connectivity index (χ3v) is 3.62. The predicted octanol–water partition coefficient (Wildman–Crippen LogP) is 3.31. The lowest BCUT2D eigenvalue weighted by Crippen LogP contribution is -2.24. The lowest BCUT2D eigenvalue weighted by Gasteiger charge is -2.09. The number of benzene rings is 1. The van der Waals surface area contributed by atoms with E-state index >= 15 is 0 Å². The van der Waals surface area contributed by atoms with E-state index in [-0.39, 0.29) is 5.56 Å². The number of hydrogen-bond donors (Lipinski definition) is 2. The van der Waals surface area contributed by atoms with Crippen molar-refractivity contribution in [1.29, 1.82) is 0 Å². The van der Waals surface area contributed by atoms with Crippen LogP contribution in [-0.2, 0) is 6.54 Å². The summed E-state index contributed by atoms with van der Waals surface area (Å²) in [4.78, 5) is 11.9. The van der Waals surface area contributed by atoms with Crippen molar-refractivity contribution in [2.75, 3.05) is 6.54 Å². The van der Waals surface area contributed by atoms with Gasteiger partial charge in [-0.1, -0.05) is 52.0 Å².